The van der Waals surface area contributed by atoms with Crippen LogP contribution in [0.25, 0.3) is 0 Å². The van der Waals surface area contributed by atoms with E-state index in [1.54, 1.807) is 0 Å². The summed E-state index contributed by atoms with van der Waals surface area (Å²) in [6.07, 6.45) is 6.79. The van der Waals surface area contributed by atoms with Gasteiger partial charge in [-0.15, -0.1) is 0 Å². The van der Waals surface area contributed by atoms with Crippen LogP contribution in [-0.4, -0.2) is 16.5 Å². The fourth-order valence-electron chi connectivity index (χ4n) is 2.98. The van der Waals surface area contributed by atoms with Crippen LogP contribution in [0.5, 0.6) is 0 Å². The molecule has 3 nitrogen and oxygen atoms in total. The van der Waals surface area contributed by atoms with E-state index < -0.39 is 0 Å². The number of nitrogens with one attached hydrogen (secondary N) is 1. The number of hydrogen-bond donors (Lipinski definition) is 1. The van der Waals surface area contributed by atoms with E-state index in [0.717, 1.165) is 35.6 Å². The molecule has 0 spiro atoms. The van der Waals surface area contributed by atoms with Gasteiger partial charge >= 0.3 is 0 Å². The van der Waals surface area contributed by atoms with Crippen molar-refractivity contribution in [2.24, 2.45) is 11.8 Å². The van der Waals surface area contributed by atoms with Gasteiger partial charge in [0.2, 0.25) is 0 Å². The molecular formula is C15H24ClN3. The summed E-state index contributed by atoms with van der Waals surface area (Å²) in [7, 11) is 0. The third-order valence-corrected chi connectivity index (χ3v) is 4.46. The molecule has 1 aliphatic carbocycles. The van der Waals surface area contributed by atoms with Crippen molar-refractivity contribution in [2.75, 3.05) is 11.9 Å². The molecule has 0 radical (unpaired) electrons. The summed E-state index contributed by atoms with van der Waals surface area (Å²) in [4.78, 5) is 8.58. The molecule has 1 fully saturated rings. The Morgan fingerprint density at radius 3 is 2.79 bits per heavy atom. The van der Waals surface area contributed by atoms with Gasteiger partial charge in [-0.1, -0.05) is 37.8 Å². The van der Waals surface area contributed by atoms with Crippen molar-refractivity contribution in [1.29, 1.82) is 0 Å². The molecule has 2 rings (SSSR count). The molecule has 4 heteroatoms. The molecule has 1 aromatic heterocycles. The van der Waals surface area contributed by atoms with Crippen molar-refractivity contribution in [1.82, 2.24) is 9.97 Å². The number of aryl methyl sites for hydroxylation is 1. The number of hydrogen-bond acceptors (Lipinski definition) is 3. The average Bonchev–Trinajstić information content (AvgIpc) is 2.35. The maximum atomic E-state index is 6.07. The van der Waals surface area contributed by atoms with Crippen molar-refractivity contribution < 1.29 is 0 Å². The van der Waals surface area contributed by atoms with Crippen LogP contribution in [0.15, 0.2) is 0 Å². The Bertz CT molecular complexity index is 434. The average molecular weight is 282 g/mol. The van der Waals surface area contributed by atoms with E-state index in [-0.39, 0.29) is 0 Å². The third-order valence-electron chi connectivity index (χ3n) is 4.09. The van der Waals surface area contributed by atoms with Crippen LogP contribution in [0.1, 0.15) is 50.4 Å². The highest BCUT2D eigenvalue weighted by Gasteiger charge is 2.18. The van der Waals surface area contributed by atoms with Crippen LogP contribution >= 0.6 is 11.6 Å². The lowest BCUT2D eigenvalue weighted by molar-refractivity contribution is 0.274. The lowest BCUT2D eigenvalue weighted by atomic mass is 9.81. The van der Waals surface area contributed by atoms with Gasteiger partial charge in [-0.2, -0.15) is 0 Å². The highest BCUT2D eigenvalue weighted by Crippen LogP contribution is 2.30. The van der Waals surface area contributed by atoms with Crippen LogP contribution in [0.2, 0.25) is 5.15 Å². The van der Waals surface area contributed by atoms with Gasteiger partial charge in [0.1, 0.15) is 16.8 Å². The second-order valence-electron chi connectivity index (χ2n) is 5.89. The van der Waals surface area contributed by atoms with Crippen LogP contribution in [-0.2, 0) is 0 Å². The van der Waals surface area contributed by atoms with E-state index in [1.165, 1.54) is 32.1 Å². The summed E-state index contributed by atoms with van der Waals surface area (Å²) in [5, 5.41) is 3.98. The molecule has 1 heterocycles. The molecule has 1 aromatic rings. The van der Waals surface area contributed by atoms with E-state index in [9.17, 15) is 0 Å². The van der Waals surface area contributed by atoms with Crippen LogP contribution < -0.4 is 5.32 Å². The van der Waals surface area contributed by atoms with Gasteiger partial charge < -0.3 is 5.32 Å². The van der Waals surface area contributed by atoms with Crippen molar-refractivity contribution >= 4 is 17.4 Å². The molecule has 19 heavy (non-hydrogen) atoms. The van der Waals surface area contributed by atoms with Crippen molar-refractivity contribution in [3.63, 3.8) is 0 Å². The van der Waals surface area contributed by atoms with E-state index in [4.69, 9.17) is 11.6 Å². The molecule has 1 saturated carbocycles. The number of halogens is 1. The predicted octanol–water partition coefficient (Wildman–Crippen LogP) is 4.38. The van der Waals surface area contributed by atoms with Crippen LogP contribution in [0, 0.1) is 25.7 Å². The first-order valence-corrected chi connectivity index (χ1v) is 7.68. The fourth-order valence-corrected chi connectivity index (χ4v) is 3.19. The van der Waals surface area contributed by atoms with Crippen molar-refractivity contribution in [2.45, 2.75) is 52.9 Å². The number of nitrogens with zero attached hydrogens (tertiary/aromatic N) is 2. The van der Waals surface area contributed by atoms with Crippen molar-refractivity contribution in [3.8, 4) is 0 Å². The van der Waals surface area contributed by atoms with Gasteiger partial charge in [-0.25, -0.2) is 9.97 Å². The normalized spacial score (nSPS) is 23.4. The smallest absolute Gasteiger partial charge is 0.137 e. The molecule has 2 atom stereocenters. The summed E-state index contributed by atoms with van der Waals surface area (Å²) in [6.45, 7) is 7.19. The monoisotopic (exact) mass is 281 g/mol. The molecular weight excluding hydrogens is 258 g/mol. The van der Waals surface area contributed by atoms with E-state index in [0.29, 0.717) is 5.15 Å². The number of rotatable bonds is 4. The molecule has 0 saturated heterocycles. The van der Waals surface area contributed by atoms with Gasteiger partial charge in [0.05, 0.1) is 0 Å². The molecule has 0 aliphatic heterocycles. The predicted molar refractivity (Wildman–Crippen MR) is 80.7 cm³/mol. The largest absolute Gasteiger partial charge is 0.370 e. The lowest BCUT2D eigenvalue weighted by Gasteiger charge is -2.26. The molecule has 0 aromatic carbocycles. The fraction of sp³-hybridized carbons (Fsp3) is 0.733. The minimum Gasteiger partial charge on any atom is -0.370 e. The molecule has 1 N–H and O–H groups in total. The minimum atomic E-state index is 0.557. The zero-order chi connectivity index (χ0) is 13.8. The standard InChI is InChI=1S/C15H24ClN3/c1-10-5-4-6-13(9-10)7-8-17-15-11(2)14(16)18-12(3)19-15/h10,13H,4-9H2,1-3H3,(H,17,18,19). The topological polar surface area (TPSA) is 37.8 Å². The number of aromatic nitrogens is 2. The molecule has 0 amide bonds. The van der Waals surface area contributed by atoms with E-state index >= 15 is 0 Å². The van der Waals surface area contributed by atoms with Gasteiger partial charge in [0, 0.05) is 12.1 Å². The molecule has 0 bridgehead atoms. The Kier molecular flexibility index (Phi) is 5.03. The Labute approximate surface area is 121 Å². The lowest BCUT2D eigenvalue weighted by Crippen LogP contribution is -2.17. The zero-order valence-electron chi connectivity index (χ0n) is 12.2. The highest BCUT2D eigenvalue weighted by atomic mass is 35.5. The Morgan fingerprint density at radius 1 is 1.26 bits per heavy atom. The summed E-state index contributed by atoms with van der Waals surface area (Å²) >= 11 is 6.07. The second-order valence-corrected chi connectivity index (χ2v) is 6.25. The quantitative estimate of drug-likeness (QED) is 0.833. The van der Waals surface area contributed by atoms with E-state index in [1.807, 2.05) is 13.8 Å². The van der Waals surface area contributed by atoms with E-state index in [2.05, 4.69) is 22.2 Å². The summed E-state index contributed by atoms with van der Waals surface area (Å²) in [5.41, 5.74) is 0.948. The zero-order valence-corrected chi connectivity index (χ0v) is 12.9. The van der Waals surface area contributed by atoms with Gasteiger partial charge in [0.25, 0.3) is 0 Å². The van der Waals surface area contributed by atoms with Gasteiger partial charge in [0.15, 0.2) is 0 Å². The van der Waals surface area contributed by atoms with Crippen molar-refractivity contribution in [3.05, 3.63) is 16.5 Å². The first kappa shape index (κ1) is 14.6. The second kappa shape index (κ2) is 6.56. The maximum absolute atomic E-state index is 6.07. The Balaban J connectivity index is 1.85. The molecule has 2 unspecified atom stereocenters. The highest BCUT2D eigenvalue weighted by molar-refractivity contribution is 6.30. The van der Waals surface area contributed by atoms with Crippen LogP contribution in [0.4, 0.5) is 5.82 Å². The maximum Gasteiger partial charge on any atom is 0.137 e. The summed E-state index contributed by atoms with van der Waals surface area (Å²) in [5.74, 6) is 3.39. The summed E-state index contributed by atoms with van der Waals surface area (Å²) < 4.78 is 0. The third kappa shape index (κ3) is 4.07. The minimum absolute atomic E-state index is 0.557. The summed E-state index contributed by atoms with van der Waals surface area (Å²) in [6, 6.07) is 0. The van der Waals surface area contributed by atoms with Crippen LogP contribution in [0.3, 0.4) is 0 Å². The molecule has 1 aliphatic rings. The Hall–Kier alpha value is -0.830. The van der Waals surface area contributed by atoms with Gasteiger partial charge in [-0.05, 0) is 38.5 Å². The first-order valence-electron chi connectivity index (χ1n) is 7.31. The Morgan fingerprint density at radius 2 is 2.05 bits per heavy atom. The molecule has 106 valence electrons. The SMILES string of the molecule is Cc1nc(Cl)c(C)c(NCCC2CCCC(C)C2)n1. The van der Waals surface area contributed by atoms with Gasteiger partial charge in [-0.3, -0.25) is 0 Å². The number of anilines is 1. The first-order chi connectivity index (χ1) is 9.06.